The number of nitrogens with one attached hydrogen (secondary N) is 2. The van der Waals surface area contributed by atoms with Crippen LogP contribution in [0.1, 0.15) is 44.2 Å². The fourth-order valence-electron chi connectivity index (χ4n) is 4.40. The topological polar surface area (TPSA) is 33.3 Å². The van der Waals surface area contributed by atoms with E-state index in [1.807, 2.05) is 0 Å². The van der Waals surface area contributed by atoms with Crippen LogP contribution in [0.25, 0.3) is 0 Å². The lowest BCUT2D eigenvalue weighted by Gasteiger charge is -2.35. The number of hydrogen-bond acceptors (Lipinski definition) is 3. The summed E-state index contributed by atoms with van der Waals surface area (Å²) in [7, 11) is 0. The summed E-state index contributed by atoms with van der Waals surface area (Å²) in [4.78, 5) is 0. The first-order valence-corrected chi connectivity index (χ1v) is 9.18. The second kappa shape index (κ2) is 8.66. The number of benzene rings is 1. The maximum absolute atomic E-state index is 5.68. The van der Waals surface area contributed by atoms with Crippen LogP contribution in [-0.4, -0.2) is 38.4 Å². The lowest BCUT2D eigenvalue weighted by molar-refractivity contribution is 0.0522. The Morgan fingerprint density at radius 1 is 1.25 bits per heavy atom. The molecule has 3 atom stereocenters. The average molecular weight is 353 g/mol. The third kappa shape index (κ3) is 4.51. The molecule has 1 aromatic rings. The zero-order valence-corrected chi connectivity index (χ0v) is 16.1. The lowest BCUT2D eigenvalue weighted by Crippen LogP contribution is -2.52. The minimum absolute atomic E-state index is 0. The van der Waals surface area contributed by atoms with Crippen molar-refractivity contribution >= 4 is 12.4 Å². The van der Waals surface area contributed by atoms with Crippen LogP contribution in [0.5, 0.6) is 0 Å². The molecule has 2 fully saturated rings. The zero-order valence-electron chi connectivity index (χ0n) is 15.3. The SMILES string of the molecule is Cc1ccccc1C(C)(C)CNC1CCCC1C1COCCN1.Cl. The van der Waals surface area contributed by atoms with E-state index in [1.54, 1.807) is 0 Å². The van der Waals surface area contributed by atoms with Crippen molar-refractivity contribution in [2.24, 2.45) is 5.92 Å². The summed E-state index contributed by atoms with van der Waals surface area (Å²) in [6.45, 7) is 10.7. The van der Waals surface area contributed by atoms with Crippen LogP contribution in [0, 0.1) is 12.8 Å². The number of rotatable bonds is 5. The third-order valence-electron chi connectivity index (χ3n) is 5.72. The molecule has 2 N–H and O–H groups in total. The van der Waals surface area contributed by atoms with Gasteiger partial charge in [0.25, 0.3) is 0 Å². The van der Waals surface area contributed by atoms with E-state index in [-0.39, 0.29) is 17.8 Å². The smallest absolute Gasteiger partial charge is 0.0623 e. The van der Waals surface area contributed by atoms with Gasteiger partial charge >= 0.3 is 0 Å². The van der Waals surface area contributed by atoms with Gasteiger partial charge in [0.05, 0.1) is 13.2 Å². The highest BCUT2D eigenvalue weighted by Crippen LogP contribution is 2.31. The molecule has 1 aliphatic carbocycles. The minimum atomic E-state index is 0. The van der Waals surface area contributed by atoms with Crippen molar-refractivity contribution < 1.29 is 4.74 Å². The van der Waals surface area contributed by atoms with Gasteiger partial charge in [0.1, 0.15) is 0 Å². The Morgan fingerprint density at radius 2 is 2.04 bits per heavy atom. The van der Waals surface area contributed by atoms with E-state index in [1.165, 1.54) is 30.4 Å². The van der Waals surface area contributed by atoms with E-state index in [4.69, 9.17) is 4.74 Å². The van der Waals surface area contributed by atoms with Gasteiger partial charge in [-0.05, 0) is 36.8 Å². The second-order valence-corrected chi connectivity index (χ2v) is 7.92. The highest BCUT2D eigenvalue weighted by atomic mass is 35.5. The van der Waals surface area contributed by atoms with Crippen LogP contribution in [0.4, 0.5) is 0 Å². The first kappa shape index (κ1) is 19.7. The number of ether oxygens (including phenoxy) is 1. The molecule has 0 aromatic heterocycles. The van der Waals surface area contributed by atoms with Crippen LogP contribution in [0.2, 0.25) is 0 Å². The molecule has 0 bridgehead atoms. The Hall–Kier alpha value is -0.610. The maximum atomic E-state index is 5.68. The Bertz CT molecular complexity index is 514. The van der Waals surface area contributed by atoms with Crippen molar-refractivity contribution in [3.05, 3.63) is 35.4 Å². The van der Waals surface area contributed by atoms with Crippen molar-refractivity contribution in [3.8, 4) is 0 Å². The predicted molar refractivity (Wildman–Crippen MR) is 103 cm³/mol. The van der Waals surface area contributed by atoms with Crippen LogP contribution in [0.15, 0.2) is 24.3 Å². The van der Waals surface area contributed by atoms with Crippen LogP contribution >= 0.6 is 12.4 Å². The minimum Gasteiger partial charge on any atom is -0.379 e. The first-order chi connectivity index (χ1) is 11.1. The Labute approximate surface area is 153 Å². The summed E-state index contributed by atoms with van der Waals surface area (Å²) in [6.07, 6.45) is 3.96. The van der Waals surface area contributed by atoms with Gasteiger partial charge in [-0.3, -0.25) is 0 Å². The molecule has 24 heavy (non-hydrogen) atoms. The molecule has 0 radical (unpaired) electrons. The largest absolute Gasteiger partial charge is 0.379 e. The van der Waals surface area contributed by atoms with Crippen LogP contribution in [-0.2, 0) is 10.2 Å². The van der Waals surface area contributed by atoms with Crippen LogP contribution < -0.4 is 10.6 Å². The Morgan fingerprint density at radius 3 is 2.75 bits per heavy atom. The van der Waals surface area contributed by atoms with E-state index in [0.29, 0.717) is 18.0 Å². The normalized spacial score (nSPS) is 27.7. The van der Waals surface area contributed by atoms with Crippen molar-refractivity contribution in [1.29, 1.82) is 0 Å². The van der Waals surface area contributed by atoms with Crippen molar-refractivity contribution in [1.82, 2.24) is 10.6 Å². The first-order valence-electron chi connectivity index (χ1n) is 9.18. The quantitative estimate of drug-likeness (QED) is 0.851. The number of morpholine rings is 1. The van der Waals surface area contributed by atoms with Gasteiger partial charge in [-0.1, -0.05) is 44.5 Å². The van der Waals surface area contributed by atoms with Gasteiger partial charge in [0.2, 0.25) is 0 Å². The molecule has 0 amide bonds. The van der Waals surface area contributed by atoms with Gasteiger partial charge in [-0.15, -0.1) is 12.4 Å². The summed E-state index contributed by atoms with van der Waals surface area (Å²) in [6, 6.07) is 9.94. The predicted octanol–water partition coefficient (Wildman–Crippen LogP) is 3.44. The molecule has 1 aliphatic heterocycles. The number of halogens is 1. The van der Waals surface area contributed by atoms with Crippen molar-refractivity contribution in [3.63, 3.8) is 0 Å². The average Bonchev–Trinajstić information content (AvgIpc) is 3.03. The molecule has 136 valence electrons. The van der Waals surface area contributed by atoms with Gasteiger partial charge in [0, 0.05) is 30.6 Å². The molecule has 4 heteroatoms. The van der Waals surface area contributed by atoms with Gasteiger partial charge in [0.15, 0.2) is 0 Å². The maximum Gasteiger partial charge on any atom is 0.0623 e. The lowest BCUT2D eigenvalue weighted by atomic mass is 9.81. The second-order valence-electron chi connectivity index (χ2n) is 7.92. The Kier molecular flexibility index (Phi) is 7.11. The molecule has 1 saturated heterocycles. The summed E-state index contributed by atoms with van der Waals surface area (Å²) in [5.74, 6) is 0.711. The number of aryl methyl sites for hydroxylation is 1. The molecule has 2 aliphatic rings. The Balaban J connectivity index is 0.00000208. The summed E-state index contributed by atoms with van der Waals surface area (Å²) in [5.41, 5.74) is 3.01. The number of hydrogen-bond donors (Lipinski definition) is 2. The van der Waals surface area contributed by atoms with E-state index in [9.17, 15) is 0 Å². The summed E-state index contributed by atoms with van der Waals surface area (Å²) < 4.78 is 5.68. The highest BCUT2D eigenvalue weighted by molar-refractivity contribution is 5.85. The van der Waals surface area contributed by atoms with E-state index in [0.717, 1.165) is 26.3 Å². The standard InChI is InChI=1S/C20H32N2O.ClH/c1-15-7-4-5-9-17(15)20(2,3)14-22-18-10-6-8-16(18)19-13-23-12-11-21-19;/h4-5,7,9,16,18-19,21-22H,6,8,10-14H2,1-3H3;1H. The zero-order chi connectivity index (χ0) is 16.3. The molecule has 3 nitrogen and oxygen atoms in total. The molecule has 3 unspecified atom stereocenters. The van der Waals surface area contributed by atoms with Crippen molar-refractivity contribution in [2.75, 3.05) is 26.3 Å². The molecule has 1 saturated carbocycles. The fraction of sp³-hybridized carbons (Fsp3) is 0.700. The third-order valence-corrected chi connectivity index (χ3v) is 5.72. The summed E-state index contributed by atoms with van der Waals surface area (Å²) >= 11 is 0. The van der Waals surface area contributed by atoms with E-state index >= 15 is 0 Å². The fourth-order valence-corrected chi connectivity index (χ4v) is 4.40. The van der Waals surface area contributed by atoms with Crippen molar-refractivity contribution in [2.45, 2.75) is 57.5 Å². The van der Waals surface area contributed by atoms with Crippen LogP contribution in [0.3, 0.4) is 0 Å². The molecule has 0 spiro atoms. The van der Waals surface area contributed by atoms with Gasteiger partial charge in [-0.25, -0.2) is 0 Å². The molecular formula is C20H33ClN2O. The van der Waals surface area contributed by atoms with Gasteiger partial charge < -0.3 is 15.4 Å². The highest BCUT2D eigenvalue weighted by Gasteiger charge is 2.35. The molecule has 1 aromatic carbocycles. The molecule has 3 rings (SSSR count). The van der Waals surface area contributed by atoms with Gasteiger partial charge in [-0.2, -0.15) is 0 Å². The summed E-state index contributed by atoms with van der Waals surface area (Å²) in [5, 5.41) is 7.56. The molecule has 1 heterocycles. The van der Waals surface area contributed by atoms with E-state index < -0.39 is 0 Å². The monoisotopic (exact) mass is 352 g/mol. The molecular weight excluding hydrogens is 320 g/mol. The van der Waals surface area contributed by atoms with E-state index in [2.05, 4.69) is 55.7 Å².